The summed E-state index contributed by atoms with van der Waals surface area (Å²) in [5, 5.41) is 0. The third kappa shape index (κ3) is 5.61. The number of rotatable bonds is 7. The average Bonchev–Trinajstić information content (AvgIpc) is 3.59. The van der Waals surface area contributed by atoms with Crippen molar-refractivity contribution in [2.24, 2.45) is 0 Å². The van der Waals surface area contributed by atoms with Gasteiger partial charge in [0.1, 0.15) is 18.1 Å². The highest BCUT2D eigenvalue weighted by molar-refractivity contribution is 9.10. The maximum Gasteiger partial charge on any atom is 0.410 e. The molecule has 0 atom stereocenters. The summed E-state index contributed by atoms with van der Waals surface area (Å²) >= 11 is 3.42. The molecule has 0 heterocycles. The first-order valence-corrected chi connectivity index (χ1v) is 10.5. The van der Waals surface area contributed by atoms with E-state index in [9.17, 15) is 4.79 Å². The Kier molecular flexibility index (Phi) is 6.15. The van der Waals surface area contributed by atoms with Gasteiger partial charge in [-0.05, 0) is 60.4 Å². The first-order chi connectivity index (χ1) is 14.2. The average molecular weight is 452 g/mol. The van der Waals surface area contributed by atoms with E-state index in [0.717, 1.165) is 39.9 Å². The Bertz CT molecular complexity index is 938. The number of nitrogens with zero attached hydrogens (tertiary/aromatic N) is 1. The van der Waals surface area contributed by atoms with Gasteiger partial charge in [-0.1, -0.05) is 58.4 Å². The largest absolute Gasteiger partial charge is 0.457 e. The Morgan fingerprint density at radius 2 is 1.48 bits per heavy atom. The monoisotopic (exact) mass is 451 g/mol. The summed E-state index contributed by atoms with van der Waals surface area (Å²) in [5.74, 6) is 1.55. The summed E-state index contributed by atoms with van der Waals surface area (Å²) in [7, 11) is 0. The highest BCUT2D eigenvalue weighted by Gasteiger charge is 2.33. The van der Waals surface area contributed by atoms with E-state index < -0.39 is 0 Å². The second-order valence-electron chi connectivity index (χ2n) is 7.10. The van der Waals surface area contributed by atoms with E-state index in [4.69, 9.17) is 9.47 Å². The van der Waals surface area contributed by atoms with Gasteiger partial charge in [-0.15, -0.1) is 0 Å². The zero-order valence-electron chi connectivity index (χ0n) is 16.0. The van der Waals surface area contributed by atoms with E-state index in [1.54, 1.807) is 0 Å². The lowest BCUT2D eigenvalue weighted by Gasteiger charge is -2.22. The molecule has 3 aromatic rings. The zero-order chi connectivity index (χ0) is 20.1. The van der Waals surface area contributed by atoms with Gasteiger partial charge in [0, 0.05) is 17.1 Å². The molecule has 0 N–H and O–H groups in total. The maximum absolute atomic E-state index is 12.6. The predicted molar refractivity (Wildman–Crippen MR) is 116 cm³/mol. The summed E-state index contributed by atoms with van der Waals surface area (Å²) < 4.78 is 12.4. The minimum Gasteiger partial charge on any atom is -0.457 e. The van der Waals surface area contributed by atoms with Gasteiger partial charge in [-0.2, -0.15) is 0 Å². The van der Waals surface area contributed by atoms with Gasteiger partial charge < -0.3 is 14.4 Å². The zero-order valence-corrected chi connectivity index (χ0v) is 17.5. The van der Waals surface area contributed by atoms with Crippen molar-refractivity contribution < 1.29 is 14.3 Å². The summed E-state index contributed by atoms with van der Waals surface area (Å²) in [6.45, 7) is 0.833. The summed E-state index contributed by atoms with van der Waals surface area (Å²) in [6, 6.07) is 25.6. The lowest BCUT2D eigenvalue weighted by Crippen LogP contribution is -2.33. The molecule has 0 spiro atoms. The quantitative estimate of drug-likeness (QED) is 0.409. The molecule has 0 aliphatic heterocycles. The second kappa shape index (κ2) is 9.14. The van der Waals surface area contributed by atoms with Gasteiger partial charge in [-0.3, -0.25) is 0 Å². The van der Waals surface area contributed by atoms with Crippen LogP contribution in [0.15, 0.2) is 83.3 Å². The van der Waals surface area contributed by atoms with Crippen molar-refractivity contribution in [3.8, 4) is 11.5 Å². The minimum atomic E-state index is -0.258. The second-order valence-corrected chi connectivity index (χ2v) is 8.01. The van der Waals surface area contributed by atoms with Crippen LogP contribution in [0.25, 0.3) is 0 Å². The molecule has 4 nitrogen and oxygen atoms in total. The molecule has 4 rings (SSSR count). The fraction of sp³-hybridized carbons (Fsp3) is 0.208. The van der Waals surface area contributed by atoms with Crippen LogP contribution in [0.5, 0.6) is 11.5 Å². The van der Waals surface area contributed by atoms with Crippen molar-refractivity contribution in [2.75, 3.05) is 0 Å². The van der Waals surface area contributed by atoms with Gasteiger partial charge in [0.25, 0.3) is 0 Å². The van der Waals surface area contributed by atoms with Gasteiger partial charge in [0.2, 0.25) is 0 Å². The number of halogens is 1. The lowest BCUT2D eigenvalue weighted by molar-refractivity contribution is 0.0909. The molecule has 1 aliphatic rings. The molecule has 1 saturated carbocycles. The normalized spacial score (nSPS) is 13.0. The smallest absolute Gasteiger partial charge is 0.410 e. The van der Waals surface area contributed by atoms with Crippen LogP contribution in [-0.2, 0) is 17.9 Å². The number of benzene rings is 3. The van der Waals surface area contributed by atoms with Crippen molar-refractivity contribution in [3.05, 3.63) is 94.5 Å². The Balaban J connectivity index is 1.35. The molecular weight excluding hydrogens is 430 g/mol. The molecule has 148 valence electrons. The van der Waals surface area contributed by atoms with Crippen molar-refractivity contribution in [1.82, 2.24) is 4.90 Å². The van der Waals surface area contributed by atoms with Crippen LogP contribution in [0, 0.1) is 0 Å². The van der Waals surface area contributed by atoms with Crippen LogP contribution in [0.3, 0.4) is 0 Å². The first kappa shape index (κ1) is 19.5. The van der Waals surface area contributed by atoms with Crippen LogP contribution in [0.1, 0.15) is 24.0 Å². The lowest BCUT2D eigenvalue weighted by atomic mass is 10.2. The maximum atomic E-state index is 12.6. The third-order valence-corrected chi connectivity index (χ3v) is 5.28. The molecule has 0 bridgehead atoms. The van der Waals surface area contributed by atoms with Crippen LogP contribution < -0.4 is 4.74 Å². The van der Waals surface area contributed by atoms with Crippen molar-refractivity contribution in [3.63, 3.8) is 0 Å². The van der Waals surface area contributed by atoms with Crippen LogP contribution in [-0.4, -0.2) is 17.0 Å². The highest BCUT2D eigenvalue weighted by atomic mass is 79.9. The number of hydrogen-bond donors (Lipinski definition) is 0. The molecule has 1 fully saturated rings. The highest BCUT2D eigenvalue weighted by Crippen LogP contribution is 2.30. The van der Waals surface area contributed by atoms with Crippen LogP contribution in [0.4, 0.5) is 4.79 Å². The number of carbonyl (C=O) groups excluding carboxylic acids is 1. The number of amides is 1. The number of carbonyl (C=O) groups is 1. The van der Waals surface area contributed by atoms with E-state index in [1.807, 2.05) is 83.8 Å². The first-order valence-electron chi connectivity index (χ1n) is 9.67. The fourth-order valence-corrected chi connectivity index (χ4v) is 3.29. The van der Waals surface area contributed by atoms with E-state index in [2.05, 4.69) is 15.9 Å². The molecule has 0 radical (unpaired) electrons. The number of ether oxygens (including phenoxy) is 2. The summed E-state index contributed by atoms with van der Waals surface area (Å²) in [6.07, 6.45) is 1.81. The van der Waals surface area contributed by atoms with Crippen LogP contribution >= 0.6 is 15.9 Å². The third-order valence-electron chi connectivity index (χ3n) is 4.75. The van der Waals surface area contributed by atoms with Crippen molar-refractivity contribution in [2.45, 2.75) is 32.0 Å². The van der Waals surface area contributed by atoms with E-state index in [1.165, 1.54) is 0 Å². The minimum absolute atomic E-state index is 0.258. The molecule has 1 aliphatic carbocycles. The SMILES string of the molecule is O=C(OCc1ccccc1)N(Cc1ccc(Oc2ccc(Br)cc2)cc1)C1CC1. The summed E-state index contributed by atoms with van der Waals surface area (Å²) in [4.78, 5) is 14.4. The standard InChI is InChI=1S/C24H22BrNO3/c25-20-8-14-23(15-9-20)29-22-12-6-18(7-13-22)16-26(21-10-11-21)24(27)28-17-19-4-2-1-3-5-19/h1-9,12-15,21H,10-11,16-17H2. The molecule has 1 amide bonds. The molecule has 5 heteroatoms. The van der Waals surface area contributed by atoms with Crippen molar-refractivity contribution >= 4 is 22.0 Å². The molecule has 29 heavy (non-hydrogen) atoms. The fourth-order valence-electron chi connectivity index (χ4n) is 3.03. The molecule has 0 saturated heterocycles. The van der Waals surface area contributed by atoms with E-state index >= 15 is 0 Å². The Morgan fingerprint density at radius 1 is 0.862 bits per heavy atom. The van der Waals surface area contributed by atoms with E-state index in [0.29, 0.717) is 13.2 Å². The summed E-state index contributed by atoms with van der Waals surface area (Å²) in [5.41, 5.74) is 2.04. The molecule has 0 aromatic heterocycles. The predicted octanol–water partition coefficient (Wildman–Crippen LogP) is 6.54. The van der Waals surface area contributed by atoms with E-state index in [-0.39, 0.29) is 12.1 Å². The topological polar surface area (TPSA) is 38.8 Å². The Hall–Kier alpha value is -2.79. The van der Waals surface area contributed by atoms with Gasteiger partial charge in [0.15, 0.2) is 0 Å². The number of hydrogen-bond acceptors (Lipinski definition) is 3. The Labute approximate surface area is 179 Å². The van der Waals surface area contributed by atoms with Gasteiger partial charge >= 0.3 is 6.09 Å². The van der Waals surface area contributed by atoms with Gasteiger partial charge in [-0.25, -0.2) is 4.79 Å². The molecular formula is C24H22BrNO3. The Morgan fingerprint density at radius 3 is 2.10 bits per heavy atom. The van der Waals surface area contributed by atoms with Crippen molar-refractivity contribution in [1.29, 1.82) is 0 Å². The van der Waals surface area contributed by atoms with Crippen LogP contribution in [0.2, 0.25) is 0 Å². The molecule has 0 unspecified atom stereocenters. The molecule has 3 aromatic carbocycles. The van der Waals surface area contributed by atoms with Gasteiger partial charge in [0.05, 0.1) is 0 Å².